The number of amides is 1. The van der Waals surface area contributed by atoms with Gasteiger partial charge < -0.3 is 9.88 Å². The Labute approximate surface area is 168 Å². The number of carbonyl (C=O) groups is 1. The highest BCUT2D eigenvalue weighted by atomic mass is 79.9. The SMILES string of the molecule is CCn1c(Cn2nccc2C)nnc1SCC(=O)Nc1ccc(Br)cc1F. The molecular formula is C17H18BrFN6OS. The summed E-state index contributed by atoms with van der Waals surface area (Å²) in [5.41, 5.74) is 1.18. The lowest BCUT2D eigenvalue weighted by Gasteiger charge is -2.09. The maximum absolute atomic E-state index is 13.8. The van der Waals surface area contributed by atoms with E-state index in [0.29, 0.717) is 22.7 Å². The first-order valence-corrected chi connectivity index (χ1v) is 10.0. The van der Waals surface area contributed by atoms with E-state index < -0.39 is 5.82 Å². The van der Waals surface area contributed by atoms with Crippen LogP contribution in [0.1, 0.15) is 18.4 Å². The summed E-state index contributed by atoms with van der Waals surface area (Å²) >= 11 is 4.45. The normalized spacial score (nSPS) is 11.0. The van der Waals surface area contributed by atoms with E-state index in [1.165, 1.54) is 23.9 Å². The number of hydrogen-bond acceptors (Lipinski definition) is 5. The van der Waals surface area contributed by atoms with Crippen molar-refractivity contribution < 1.29 is 9.18 Å². The van der Waals surface area contributed by atoms with Gasteiger partial charge >= 0.3 is 0 Å². The Hall–Kier alpha value is -2.20. The molecule has 27 heavy (non-hydrogen) atoms. The van der Waals surface area contributed by atoms with Crippen molar-refractivity contribution in [1.29, 1.82) is 0 Å². The molecule has 0 spiro atoms. The molecule has 1 aromatic carbocycles. The third-order valence-corrected chi connectivity index (χ3v) is 5.33. The van der Waals surface area contributed by atoms with Crippen molar-refractivity contribution >= 4 is 39.3 Å². The van der Waals surface area contributed by atoms with Gasteiger partial charge in [0.05, 0.1) is 11.4 Å². The number of aryl methyl sites for hydroxylation is 1. The molecule has 0 radical (unpaired) electrons. The molecule has 142 valence electrons. The molecule has 0 aliphatic rings. The number of thioether (sulfide) groups is 1. The van der Waals surface area contributed by atoms with Crippen LogP contribution in [0.5, 0.6) is 0 Å². The van der Waals surface area contributed by atoms with Gasteiger partial charge in [-0.15, -0.1) is 10.2 Å². The number of carbonyl (C=O) groups excluding carboxylic acids is 1. The molecule has 0 saturated heterocycles. The standard InChI is InChI=1S/C17H18BrFN6OS/c1-3-24-15(9-25-11(2)6-7-20-25)22-23-17(24)27-10-16(26)21-14-5-4-12(18)8-13(14)19/h4-8H,3,9-10H2,1-2H3,(H,21,26). The average molecular weight is 453 g/mol. The number of halogens is 2. The molecule has 0 aliphatic heterocycles. The Balaban J connectivity index is 1.63. The van der Waals surface area contributed by atoms with Crippen LogP contribution < -0.4 is 5.32 Å². The zero-order valence-corrected chi connectivity index (χ0v) is 17.2. The molecule has 3 rings (SSSR count). The van der Waals surface area contributed by atoms with Gasteiger partial charge in [0.15, 0.2) is 11.0 Å². The van der Waals surface area contributed by atoms with E-state index in [9.17, 15) is 9.18 Å². The van der Waals surface area contributed by atoms with Gasteiger partial charge in [-0.1, -0.05) is 27.7 Å². The molecule has 1 N–H and O–H groups in total. The summed E-state index contributed by atoms with van der Waals surface area (Å²) in [5.74, 6) is 0.0767. The van der Waals surface area contributed by atoms with Crippen LogP contribution in [-0.2, 0) is 17.9 Å². The Bertz CT molecular complexity index is 957. The Morgan fingerprint density at radius 3 is 2.81 bits per heavy atom. The van der Waals surface area contributed by atoms with Gasteiger partial charge in [0.1, 0.15) is 12.4 Å². The van der Waals surface area contributed by atoms with Crippen LogP contribution in [0.2, 0.25) is 0 Å². The quantitative estimate of drug-likeness (QED) is 0.555. The van der Waals surface area contributed by atoms with Gasteiger partial charge in [0, 0.05) is 22.9 Å². The summed E-state index contributed by atoms with van der Waals surface area (Å²) in [4.78, 5) is 12.1. The zero-order chi connectivity index (χ0) is 19.4. The van der Waals surface area contributed by atoms with Crippen molar-refractivity contribution in [1.82, 2.24) is 24.5 Å². The monoisotopic (exact) mass is 452 g/mol. The maximum atomic E-state index is 13.8. The molecule has 1 amide bonds. The van der Waals surface area contributed by atoms with Crippen LogP contribution in [0.15, 0.2) is 40.1 Å². The largest absolute Gasteiger partial charge is 0.323 e. The number of nitrogens with zero attached hydrogens (tertiary/aromatic N) is 5. The second-order valence-electron chi connectivity index (χ2n) is 5.73. The van der Waals surface area contributed by atoms with Gasteiger partial charge in [-0.05, 0) is 38.1 Å². The first-order valence-electron chi connectivity index (χ1n) is 8.26. The van der Waals surface area contributed by atoms with Gasteiger partial charge in [0.2, 0.25) is 5.91 Å². The smallest absolute Gasteiger partial charge is 0.234 e. The van der Waals surface area contributed by atoms with Crippen molar-refractivity contribution in [3.8, 4) is 0 Å². The van der Waals surface area contributed by atoms with Crippen LogP contribution >= 0.6 is 27.7 Å². The molecule has 0 aliphatic carbocycles. The maximum Gasteiger partial charge on any atom is 0.234 e. The number of benzene rings is 1. The topological polar surface area (TPSA) is 77.6 Å². The van der Waals surface area contributed by atoms with Crippen LogP contribution in [0, 0.1) is 12.7 Å². The molecule has 10 heteroatoms. The van der Waals surface area contributed by atoms with E-state index >= 15 is 0 Å². The van der Waals surface area contributed by atoms with Crippen molar-refractivity contribution in [2.24, 2.45) is 0 Å². The van der Waals surface area contributed by atoms with Gasteiger partial charge in [-0.2, -0.15) is 5.10 Å². The predicted molar refractivity (Wildman–Crippen MR) is 105 cm³/mol. The molecular weight excluding hydrogens is 435 g/mol. The number of rotatable bonds is 7. The lowest BCUT2D eigenvalue weighted by atomic mass is 10.3. The third-order valence-electron chi connectivity index (χ3n) is 3.87. The van der Waals surface area contributed by atoms with E-state index in [1.807, 2.05) is 29.2 Å². The van der Waals surface area contributed by atoms with Crippen molar-refractivity contribution in [3.63, 3.8) is 0 Å². The molecule has 0 bridgehead atoms. The summed E-state index contributed by atoms with van der Waals surface area (Å²) in [6.45, 7) is 5.15. The van der Waals surface area contributed by atoms with Crippen LogP contribution in [-0.4, -0.2) is 36.2 Å². The van der Waals surface area contributed by atoms with E-state index in [4.69, 9.17) is 0 Å². The second-order valence-corrected chi connectivity index (χ2v) is 7.59. The Kier molecular flexibility index (Phi) is 6.27. The first-order chi connectivity index (χ1) is 13.0. The average Bonchev–Trinajstić information content (AvgIpc) is 3.22. The van der Waals surface area contributed by atoms with Gasteiger partial charge in [0.25, 0.3) is 0 Å². The fraction of sp³-hybridized carbons (Fsp3) is 0.294. The minimum absolute atomic E-state index is 0.106. The van der Waals surface area contributed by atoms with Gasteiger partial charge in [-0.3, -0.25) is 9.48 Å². The lowest BCUT2D eigenvalue weighted by Crippen LogP contribution is -2.16. The highest BCUT2D eigenvalue weighted by Gasteiger charge is 2.15. The van der Waals surface area contributed by atoms with E-state index in [1.54, 1.807) is 12.3 Å². The number of aromatic nitrogens is 5. The molecule has 3 aromatic rings. The van der Waals surface area contributed by atoms with Crippen LogP contribution in [0.3, 0.4) is 0 Å². The molecule has 7 nitrogen and oxygen atoms in total. The zero-order valence-electron chi connectivity index (χ0n) is 14.8. The summed E-state index contributed by atoms with van der Waals surface area (Å²) in [5, 5.41) is 15.9. The highest BCUT2D eigenvalue weighted by Crippen LogP contribution is 2.21. The Morgan fingerprint density at radius 2 is 2.15 bits per heavy atom. The van der Waals surface area contributed by atoms with Gasteiger partial charge in [-0.25, -0.2) is 4.39 Å². The lowest BCUT2D eigenvalue weighted by molar-refractivity contribution is -0.113. The Morgan fingerprint density at radius 1 is 1.33 bits per heavy atom. The minimum Gasteiger partial charge on any atom is -0.323 e. The van der Waals surface area contributed by atoms with Crippen molar-refractivity contribution in [2.75, 3.05) is 11.1 Å². The molecule has 0 unspecified atom stereocenters. The molecule has 0 fully saturated rings. The highest BCUT2D eigenvalue weighted by molar-refractivity contribution is 9.10. The first kappa shape index (κ1) is 19.6. The number of nitrogens with one attached hydrogen (secondary N) is 1. The van der Waals surface area contributed by atoms with E-state index in [2.05, 4.69) is 36.5 Å². The number of anilines is 1. The third kappa shape index (κ3) is 4.75. The fourth-order valence-electron chi connectivity index (χ4n) is 2.47. The summed E-state index contributed by atoms with van der Waals surface area (Å²) < 4.78 is 18.2. The minimum atomic E-state index is -0.490. The summed E-state index contributed by atoms with van der Waals surface area (Å²) in [6, 6.07) is 6.41. The summed E-state index contributed by atoms with van der Waals surface area (Å²) in [6.07, 6.45) is 1.74. The van der Waals surface area contributed by atoms with Crippen molar-refractivity contribution in [3.05, 3.63) is 52.3 Å². The molecule has 0 atom stereocenters. The number of hydrogen-bond donors (Lipinski definition) is 1. The molecule has 2 aromatic heterocycles. The van der Waals surface area contributed by atoms with Crippen LogP contribution in [0.25, 0.3) is 0 Å². The molecule has 2 heterocycles. The predicted octanol–water partition coefficient (Wildman–Crippen LogP) is 3.48. The van der Waals surface area contributed by atoms with Crippen LogP contribution in [0.4, 0.5) is 10.1 Å². The molecule has 0 saturated carbocycles. The van der Waals surface area contributed by atoms with E-state index in [0.717, 1.165) is 11.5 Å². The fourth-order valence-corrected chi connectivity index (χ4v) is 3.62. The van der Waals surface area contributed by atoms with Crippen molar-refractivity contribution in [2.45, 2.75) is 32.1 Å². The van der Waals surface area contributed by atoms with E-state index in [-0.39, 0.29) is 17.3 Å². The summed E-state index contributed by atoms with van der Waals surface area (Å²) in [7, 11) is 0. The second kappa shape index (κ2) is 8.66.